The molecule has 0 radical (unpaired) electrons. The summed E-state index contributed by atoms with van der Waals surface area (Å²) in [6, 6.07) is 0. The van der Waals surface area contributed by atoms with Gasteiger partial charge in [-0.25, -0.2) is 9.78 Å². The zero-order valence-electron chi connectivity index (χ0n) is 7.19. The Morgan fingerprint density at radius 1 is 1.64 bits per heavy atom. The number of aromatic nitrogens is 1. The molecule has 0 fully saturated rings. The highest BCUT2D eigenvalue weighted by Gasteiger charge is 2.13. The van der Waals surface area contributed by atoms with Gasteiger partial charge in [-0.05, 0) is 0 Å². The summed E-state index contributed by atoms with van der Waals surface area (Å²) in [6.45, 7) is 0.684. The predicted molar refractivity (Wildman–Crippen MR) is 50.5 cm³/mol. The number of hydrogen-bond acceptors (Lipinski definition) is 5. The van der Waals surface area contributed by atoms with Crippen molar-refractivity contribution < 1.29 is 14.7 Å². The highest BCUT2D eigenvalue weighted by Crippen LogP contribution is 2.09. The number of nitrogens with two attached hydrogens (primary N) is 1. The van der Waals surface area contributed by atoms with Crippen LogP contribution in [0.2, 0.25) is 0 Å². The highest BCUT2D eigenvalue weighted by atomic mass is 32.1. The summed E-state index contributed by atoms with van der Waals surface area (Å²) in [7, 11) is 0. The Balaban J connectivity index is 2.66. The van der Waals surface area contributed by atoms with Crippen molar-refractivity contribution in [2.24, 2.45) is 5.73 Å². The first kappa shape index (κ1) is 10.6. The molecule has 76 valence electrons. The number of carbonyl (C=O) groups is 2. The van der Waals surface area contributed by atoms with Crippen molar-refractivity contribution in [3.8, 4) is 0 Å². The molecule has 0 saturated carbocycles. The minimum absolute atomic E-state index is 0.118. The maximum atomic E-state index is 11.2. The van der Waals surface area contributed by atoms with Gasteiger partial charge in [0.05, 0.1) is 0 Å². The Kier molecular flexibility index (Phi) is 3.55. The first-order valence-electron chi connectivity index (χ1n) is 3.82. The molecule has 0 aliphatic carbocycles. The summed E-state index contributed by atoms with van der Waals surface area (Å²) in [5, 5.41) is 12.5. The van der Waals surface area contributed by atoms with Gasteiger partial charge in [0.1, 0.15) is 0 Å². The molecule has 1 amide bonds. The van der Waals surface area contributed by atoms with Crippen LogP contribution in [0.1, 0.15) is 20.3 Å². The van der Waals surface area contributed by atoms with Crippen molar-refractivity contribution in [2.45, 2.75) is 0 Å². The molecular weight excluding hydrogens is 206 g/mol. The molecule has 1 aromatic rings. The lowest BCUT2D eigenvalue weighted by Crippen LogP contribution is -2.28. The van der Waals surface area contributed by atoms with Crippen molar-refractivity contribution >= 4 is 23.2 Å². The number of carbonyl (C=O) groups excluding carboxylic acids is 1. The molecular formula is C7H9N3O3S. The van der Waals surface area contributed by atoms with Crippen molar-refractivity contribution in [1.82, 2.24) is 10.3 Å². The third kappa shape index (κ3) is 2.51. The smallest absolute Gasteiger partial charge is 0.355 e. The maximum absolute atomic E-state index is 11.2. The molecule has 7 heteroatoms. The van der Waals surface area contributed by atoms with Gasteiger partial charge in [-0.3, -0.25) is 4.79 Å². The van der Waals surface area contributed by atoms with E-state index < -0.39 is 11.9 Å². The molecule has 1 heterocycles. The molecule has 0 atom stereocenters. The number of nitrogens with zero attached hydrogens (tertiary/aromatic N) is 1. The number of carboxylic acid groups (broad SMARTS) is 1. The molecule has 6 nitrogen and oxygen atoms in total. The number of hydrogen-bond donors (Lipinski definition) is 3. The van der Waals surface area contributed by atoms with Crippen LogP contribution < -0.4 is 11.1 Å². The molecule has 1 aromatic heterocycles. The number of nitrogens with one attached hydrogen (secondary N) is 1. The van der Waals surface area contributed by atoms with E-state index in [1.165, 1.54) is 5.38 Å². The third-order valence-electron chi connectivity index (χ3n) is 1.35. The van der Waals surface area contributed by atoms with E-state index in [0.29, 0.717) is 13.1 Å². The van der Waals surface area contributed by atoms with E-state index in [4.69, 9.17) is 10.8 Å². The zero-order chi connectivity index (χ0) is 10.6. The zero-order valence-corrected chi connectivity index (χ0v) is 8.00. The number of rotatable bonds is 4. The van der Waals surface area contributed by atoms with Gasteiger partial charge in [0.25, 0.3) is 5.91 Å². The standard InChI is InChI=1S/C7H9N3O3S/c8-1-2-9-5(11)6-10-4(3-14-6)7(12)13/h3H,1-2,8H2,(H,9,11)(H,12,13). The lowest BCUT2D eigenvalue weighted by Gasteiger charge is -1.98. The molecule has 0 spiro atoms. The quantitative estimate of drug-likeness (QED) is 0.629. The molecule has 1 rings (SSSR count). The Morgan fingerprint density at radius 3 is 2.86 bits per heavy atom. The van der Waals surface area contributed by atoms with E-state index in [2.05, 4.69) is 10.3 Å². The van der Waals surface area contributed by atoms with Crippen molar-refractivity contribution in [3.05, 3.63) is 16.1 Å². The van der Waals surface area contributed by atoms with Crippen molar-refractivity contribution in [3.63, 3.8) is 0 Å². The highest BCUT2D eigenvalue weighted by molar-refractivity contribution is 7.11. The summed E-state index contributed by atoms with van der Waals surface area (Å²) in [5.74, 6) is -1.54. The van der Waals surface area contributed by atoms with Crippen LogP contribution in [0.15, 0.2) is 5.38 Å². The number of carboxylic acids is 1. The topological polar surface area (TPSA) is 105 Å². The van der Waals surface area contributed by atoms with E-state index in [1.807, 2.05) is 0 Å². The van der Waals surface area contributed by atoms with Gasteiger partial charge in [0.2, 0.25) is 0 Å². The Hall–Kier alpha value is -1.47. The second-order valence-corrected chi connectivity index (χ2v) is 3.25. The van der Waals surface area contributed by atoms with E-state index in [0.717, 1.165) is 11.3 Å². The lowest BCUT2D eigenvalue weighted by molar-refractivity contribution is 0.0691. The first-order chi connectivity index (χ1) is 6.65. The molecule has 0 unspecified atom stereocenters. The molecule has 0 aliphatic rings. The second kappa shape index (κ2) is 4.68. The lowest BCUT2D eigenvalue weighted by atomic mass is 10.5. The number of amides is 1. The van der Waals surface area contributed by atoms with E-state index in [9.17, 15) is 9.59 Å². The van der Waals surface area contributed by atoms with Crippen molar-refractivity contribution in [1.29, 1.82) is 0 Å². The van der Waals surface area contributed by atoms with Crippen LogP contribution in [-0.4, -0.2) is 35.1 Å². The minimum atomic E-state index is -1.14. The van der Waals surface area contributed by atoms with Crippen LogP contribution in [0.4, 0.5) is 0 Å². The largest absolute Gasteiger partial charge is 0.476 e. The van der Waals surface area contributed by atoms with Gasteiger partial charge >= 0.3 is 5.97 Å². The Bertz CT molecular complexity index is 350. The monoisotopic (exact) mass is 215 g/mol. The fourth-order valence-corrected chi connectivity index (χ4v) is 1.44. The second-order valence-electron chi connectivity index (χ2n) is 2.39. The fraction of sp³-hybridized carbons (Fsp3) is 0.286. The van der Waals surface area contributed by atoms with Gasteiger partial charge in [-0.15, -0.1) is 11.3 Å². The van der Waals surface area contributed by atoms with Crippen LogP contribution in [-0.2, 0) is 0 Å². The number of thiazole rings is 1. The normalized spacial score (nSPS) is 9.79. The average Bonchev–Trinajstić information content (AvgIpc) is 2.62. The van der Waals surface area contributed by atoms with E-state index in [1.54, 1.807) is 0 Å². The molecule has 4 N–H and O–H groups in total. The molecule has 14 heavy (non-hydrogen) atoms. The summed E-state index contributed by atoms with van der Waals surface area (Å²) in [5.41, 5.74) is 5.06. The van der Waals surface area contributed by atoms with Gasteiger partial charge in [-0.2, -0.15) is 0 Å². The van der Waals surface area contributed by atoms with Gasteiger partial charge in [0.15, 0.2) is 10.7 Å². The summed E-state index contributed by atoms with van der Waals surface area (Å²) >= 11 is 0.992. The molecule has 0 bridgehead atoms. The fourth-order valence-electron chi connectivity index (χ4n) is 0.738. The van der Waals surface area contributed by atoms with E-state index in [-0.39, 0.29) is 10.7 Å². The Morgan fingerprint density at radius 2 is 2.36 bits per heavy atom. The van der Waals surface area contributed by atoms with Gasteiger partial charge in [0, 0.05) is 18.5 Å². The SMILES string of the molecule is NCCNC(=O)c1nc(C(=O)O)cs1. The molecule has 0 aliphatic heterocycles. The minimum Gasteiger partial charge on any atom is -0.476 e. The Labute approximate surface area is 83.8 Å². The van der Waals surface area contributed by atoms with Crippen LogP contribution in [0.3, 0.4) is 0 Å². The number of aromatic carboxylic acids is 1. The van der Waals surface area contributed by atoms with Gasteiger partial charge < -0.3 is 16.2 Å². The molecule has 0 saturated heterocycles. The average molecular weight is 215 g/mol. The van der Waals surface area contributed by atoms with Crippen LogP contribution in [0.5, 0.6) is 0 Å². The summed E-state index contributed by atoms with van der Waals surface area (Å²) in [6.07, 6.45) is 0. The first-order valence-corrected chi connectivity index (χ1v) is 4.70. The van der Waals surface area contributed by atoms with Gasteiger partial charge in [-0.1, -0.05) is 0 Å². The summed E-state index contributed by atoms with van der Waals surface area (Å²) < 4.78 is 0. The van der Waals surface area contributed by atoms with Crippen molar-refractivity contribution in [2.75, 3.05) is 13.1 Å². The van der Waals surface area contributed by atoms with E-state index >= 15 is 0 Å². The molecule has 0 aromatic carbocycles. The predicted octanol–water partition coefficient (Wildman–Crippen LogP) is -0.470. The third-order valence-corrected chi connectivity index (χ3v) is 2.19. The van der Waals surface area contributed by atoms with Crippen LogP contribution in [0, 0.1) is 0 Å². The summed E-state index contributed by atoms with van der Waals surface area (Å²) in [4.78, 5) is 25.3. The van der Waals surface area contributed by atoms with Crippen LogP contribution in [0.25, 0.3) is 0 Å². The maximum Gasteiger partial charge on any atom is 0.355 e. The van der Waals surface area contributed by atoms with Crippen LogP contribution >= 0.6 is 11.3 Å².